The van der Waals surface area contributed by atoms with E-state index in [1.807, 2.05) is 0 Å². The number of hydrogen-bond donors (Lipinski definition) is 1. The van der Waals surface area contributed by atoms with Crippen LogP contribution >= 0.6 is 0 Å². The van der Waals surface area contributed by atoms with Gasteiger partial charge in [0.05, 0.1) is 25.5 Å². The largest absolute Gasteiger partial charge is 0.493 e. The Labute approximate surface area is 187 Å². The first-order valence-corrected chi connectivity index (χ1v) is 10.8. The van der Waals surface area contributed by atoms with Gasteiger partial charge in [-0.15, -0.1) is 0 Å². The van der Waals surface area contributed by atoms with Crippen LogP contribution in [0.2, 0.25) is 0 Å². The van der Waals surface area contributed by atoms with Crippen molar-refractivity contribution in [3.63, 3.8) is 0 Å². The van der Waals surface area contributed by atoms with Gasteiger partial charge in [0, 0.05) is 39.2 Å². The number of piperidine rings is 1. The zero-order valence-electron chi connectivity index (χ0n) is 18.8. The van der Waals surface area contributed by atoms with Gasteiger partial charge in [-0.1, -0.05) is 0 Å². The van der Waals surface area contributed by atoms with E-state index in [1.165, 1.54) is 19.1 Å². The normalized spacial score (nSPS) is 16.4. The summed E-state index contributed by atoms with van der Waals surface area (Å²) in [7, 11) is 4.53. The van der Waals surface area contributed by atoms with Gasteiger partial charge >= 0.3 is 6.03 Å². The van der Waals surface area contributed by atoms with E-state index in [4.69, 9.17) is 9.47 Å². The first-order valence-electron chi connectivity index (χ1n) is 10.8. The zero-order valence-corrected chi connectivity index (χ0v) is 18.8. The molecular weight excluding hydrogens is 416 g/mol. The summed E-state index contributed by atoms with van der Waals surface area (Å²) < 4.78 is 10.7. The van der Waals surface area contributed by atoms with Crippen molar-refractivity contribution in [1.29, 1.82) is 0 Å². The van der Waals surface area contributed by atoms with Gasteiger partial charge in [-0.05, 0) is 31.7 Å². The summed E-state index contributed by atoms with van der Waals surface area (Å²) in [5.41, 5.74) is 0.681. The summed E-state index contributed by atoms with van der Waals surface area (Å²) in [5.74, 6) is 0.0390. The van der Waals surface area contributed by atoms with Gasteiger partial charge in [0.25, 0.3) is 5.91 Å². The Morgan fingerprint density at radius 3 is 2.28 bits per heavy atom. The lowest BCUT2D eigenvalue weighted by molar-refractivity contribution is -0.125. The van der Waals surface area contributed by atoms with E-state index in [0.717, 1.165) is 24.2 Å². The molecule has 0 bridgehead atoms. The topological polar surface area (TPSA) is 108 Å². The van der Waals surface area contributed by atoms with Gasteiger partial charge in [-0.2, -0.15) is 0 Å². The number of rotatable bonds is 8. The molecule has 0 radical (unpaired) electrons. The molecule has 2 saturated heterocycles. The second-order valence-electron chi connectivity index (χ2n) is 7.94. The van der Waals surface area contributed by atoms with Gasteiger partial charge in [0.1, 0.15) is 6.54 Å². The van der Waals surface area contributed by atoms with Crippen LogP contribution in [0.3, 0.4) is 0 Å². The van der Waals surface area contributed by atoms with Crippen LogP contribution in [0.25, 0.3) is 0 Å². The summed E-state index contributed by atoms with van der Waals surface area (Å²) in [4.78, 5) is 53.8. The molecule has 0 aromatic heterocycles. The third kappa shape index (κ3) is 5.12. The van der Waals surface area contributed by atoms with Crippen LogP contribution in [0, 0.1) is 0 Å². The molecule has 32 heavy (non-hydrogen) atoms. The van der Waals surface area contributed by atoms with E-state index in [2.05, 4.69) is 5.32 Å². The first-order chi connectivity index (χ1) is 15.3. The van der Waals surface area contributed by atoms with Gasteiger partial charge in [-0.3, -0.25) is 19.3 Å². The predicted molar refractivity (Wildman–Crippen MR) is 117 cm³/mol. The number of imide groups is 1. The number of amides is 5. The van der Waals surface area contributed by atoms with Crippen molar-refractivity contribution >= 4 is 29.4 Å². The molecule has 0 atom stereocenters. The Hall–Kier alpha value is -3.30. The average Bonchev–Trinajstić information content (AvgIpc) is 3.04. The molecule has 0 aliphatic carbocycles. The van der Waals surface area contributed by atoms with Crippen LogP contribution < -0.4 is 14.8 Å². The number of urea groups is 1. The monoisotopic (exact) mass is 446 g/mol. The quantitative estimate of drug-likeness (QED) is 0.612. The number of carbonyl (C=O) groups is 4. The fourth-order valence-electron chi connectivity index (χ4n) is 3.93. The van der Waals surface area contributed by atoms with E-state index in [1.54, 1.807) is 24.1 Å². The third-order valence-corrected chi connectivity index (χ3v) is 5.69. The molecule has 174 valence electrons. The molecule has 2 heterocycles. The van der Waals surface area contributed by atoms with Crippen molar-refractivity contribution in [1.82, 2.24) is 14.7 Å². The van der Waals surface area contributed by atoms with Crippen LogP contribution in [-0.4, -0.2) is 85.9 Å². The maximum Gasteiger partial charge on any atom is 0.326 e. The number of nitrogens with one attached hydrogen (secondary N) is 1. The van der Waals surface area contributed by atoms with Crippen molar-refractivity contribution in [2.24, 2.45) is 0 Å². The minimum Gasteiger partial charge on any atom is -0.493 e. The summed E-state index contributed by atoms with van der Waals surface area (Å²) >= 11 is 0. The molecule has 5 amide bonds. The van der Waals surface area contributed by atoms with Crippen LogP contribution in [0.4, 0.5) is 10.5 Å². The summed E-state index contributed by atoms with van der Waals surface area (Å²) in [6, 6.07) is 2.81. The highest BCUT2D eigenvalue weighted by Crippen LogP contribution is 2.34. The Balaban J connectivity index is 1.70. The first kappa shape index (κ1) is 23.4. The van der Waals surface area contributed by atoms with Crippen LogP contribution in [0.1, 0.15) is 42.5 Å². The Morgan fingerprint density at radius 1 is 1.03 bits per heavy atom. The number of hydrogen-bond acceptors (Lipinski definition) is 6. The highest BCUT2D eigenvalue weighted by molar-refractivity contribution is 6.05. The molecule has 2 aliphatic heterocycles. The SMILES string of the molecule is COc1cc(NC(=O)CCCN2C(=O)CN(C)C2=O)c(C(=O)N2CCCCC2)cc1OC. The fraction of sp³-hybridized carbons (Fsp3) is 0.545. The van der Waals surface area contributed by atoms with E-state index in [-0.39, 0.29) is 43.3 Å². The Morgan fingerprint density at radius 2 is 1.69 bits per heavy atom. The molecule has 1 aromatic rings. The minimum absolute atomic E-state index is 0.0542. The summed E-state index contributed by atoms with van der Waals surface area (Å²) in [6.45, 7) is 1.57. The Kier molecular flexibility index (Phi) is 7.55. The smallest absolute Gasteiger partial charge is 0.326 e. The molecular formula is C22H30N4O6. The van der Waals surface area contributed by atoms with E-state index in [9.17, 15) is 19.2 Å². The van der Waals surface area contributed by atoms with Crippen molar-refractivity contribution in [3.05, 3.63) is 17.7 Å². The third-order valence-electron chi connectivity index (χ3n) is 5.69. The maximum atomic E-state index is 13.2. The lowest BCUT2D eigenvalue weighted by Crippen LogP contribution is -2.36. The summed E-state index contributed by atoms with van der Waals surface area (Å²) in [6.07, 6.45) is 3.40. The number of carbonyl (C=O) groups excluding carboxylic acids is 4. The molecule has 3 rings (SSSR count). The maximum absolute atomic E-state index is 13.2. The van der Waals surface area contributed by atoms with Crippen LogP contribution in [0.15, 0.2) is 12.1 Å². The second kappa shape index (κ2) is 10.3. The van der Waals surface area contributed by atoms with Crippen LogP contribution in [-0.2, 0) is 9.59 Å². The zero-order chi connectivity index (χ0) is 23.3. The molecule has 2 aliphatic rings. The average molecular weight is 447 g/mol. The molecule has 1 N–H and O–H groups in total. The Bertz CT molecular complexity index is 897. The number of ether oxygens (including phenoxy) is 2. The van der Waals surface area contributed by atoms with Gasteiger partial charge in [0.15, 0.2) is 11.5 Å². The number of methoxy groups -OCH3 is 2. The van der Waals surface area contributed by atoms with E-state index >= 15 is 0 Å². The summed E-state index contributed by atoms with van der Waals surface area (Å²) in [5, 5.41) is 2.79. The second-order valence-corrected chi connectivity index (χ2v) is 7.94. The molecule has 2 fully saturated rings. The molecule has 0 unspecified atom stereocenters. The lowest BCUT2D eigenvalue weighted by atomic mass is 10.1. The molecule has 0 saturated carbocycles. The van der Waals surface area contributed by atoms with Gasteiger partial charge in [0.2, 0.25) is 11.8 Å². The number of benzene rings is 1. The predicted octanol–water partition coefficient (Wildman–Crippen LogP) is 1.94. The molecule has 1 aromatic carbocycles. The lowest BCUT2D eigenvalue weighted by Gasteiger charge is -2.28. The molecule has 0 spiro atoms. The fourth-order valence-corrected chi connectivity index (χ4v) is 3.93. The highest BCUT2D eigenvalue weighted by Gasteiger charge is 2.33. The van der Waals surface area contributed by atoms with E-state index < -0.39 is 0 Å². The molecule has 10 nitrogen and oxygen atoms in total. The van der Waals surface area contributed by atoms with Crippen molar-refractivity contribution in [2.75, 3.05) is 52.8 Å². The van der Waals surface area contributed by atoms with Crippen LogP contribution in [0.5, 0.6) is 11.5 Å². The number of likely N-dealkylation sites (N-methyl/N-ethyl adjacent to an activating group) is 1. The number of nitrogens with zero attached hydrogens (tertiary/aromatic N) is 3. The van der Waals surface area contributed by atoms with Crippen molar-refractivity contribution in [2.45, 2.75) is 32.1 Å². The number of likely N-dealkylation sites (tertiary alicyclic amines) is 1. The molecule has 10 heteroatoms. The van der Waals surface area contributed by atoms with Gasteiger partial charge < -0.3 is 24.6 Å². The minimum atomic E-state index is -0.357. The van der Waals surface area contributed by atoms with Crippen molar-refractivity contribution < 1.29 is 28.7 Å². The van der Waals surface area contributed by atoms with Gasteiger partial charge in [-0.25, -0.2) is 4.79 Å². The number of anilines is 1. The van der Waals surface area contributed by atoms with Crippen molar-refractivity contribution in [3.8, 4) is 11.5 Å². The standard InChI is InChI=1S/C22H30N4O6/c1-24-14-20(28)26(22(24)30)11-7-8-19(27)23-16-13-18(32-3)17(31-2)12-15(16)21(29)25-9-5-4-6-10-25/h12-13H,4-11,14H2,1-3H3,(H,23,27). The highest BCUT2D eigenvalue weighted by atomic mass is 16.5. The van der Waals surface area contributed by atoms with E-state index in [0.29, 0.717) is 42.3 Å².